The molecule has 3 nitrogen and oxygen atoms in total. The van der Waals surface area contributed by atoms with E-state index in [4.69, 9.17) is 5.11 Å². The standard InChI is InChI=1S/C15H19NO2/c1-15(14(17)18)9-16(10-15)13-7-6-11-4-2-3-5-12(11)8-13/h2-5,13H,6-10H2,1H3,(H,17,18). The molecular formula is C15H19NO2. The number of fused-ring (bicyclic) bond motifs is 1. The zero-order valence-electron chi connectivity index (χ0n) is 10.7. The summed E-state index contributed by atoms with van der Waals surface area (Å²) in [5.74, 6) is -0.657. The van der Waals surface area contributed by atoms with Crippen molar-refractivity contribution in [3.8, 4) is 0 Å². The second-order valence-corrected chi connectivity index (χ2v) is 5.94. The van der Waals surface area contributed by atoms with Crippen LogP contribution in [0, 0.1) is 5.41 Å². The third kappa shape index (κ3) is 1.83. The lowest BCUT2D eigenvalue weighted by molar-refractivity contribution is -0.160. The summed E-state index contributed by atoms with van der Waals surface area (Å²) in [7, 11) is 0. The molecule has 0 spiro atoms. The molecule has 0 amide bonds. The van der Waals surface area contributed by atoms with Crippen LogP contribution in [0.25, 0.3) is 0 Å². The van der Waals surface area contributed by atoms with Crippen LogP contribution in [-0.2, 0) is 17.6 Å². The Balaban J connectivity index is 1.67. The summed E-state index contributed by atoms with van der Waals surface area (Å²) in [5.41, 5.74) is 2.39. The van der Waals surface area contributed by atoms with Gasteiger partial charge in [-0.25, -0.2) is 0 Å². The molecule has 1 aromatic rings. The van der Waals surface area contributed by atoms with Crippen LogP contribution < -0.4 is 0 Å². The molecule has 0 aromatic heterocycles. The number of nitrogens with zero attached hydrogens (tertiary/aromatic N) is 1. The van der Waals surface area contributed by atoms with Crippen LogP contribution in [0.1, 0.15) is 24.5 Å². The van der Waals surface area contributed by atoms with Gasteiger partial charge < -0.3 is 5.11 Å². The van der Waals surface area contributed by atoms with E-state index < -0.39 is 11.4 Å². The lowest BCUT2D eigenvalue weighted by atomic mass is 9.78. The second-order valence-electron chi connectivity index (χ2n) is 5.94. The summed E-state index contributed by atoms with van der Waals surface area (Å²) in [6.45, 7) is 3.26. The minimum absolute atomic E-state index is 0.517. The number of likely N-dealkylation sites (tertiary alicyclic amines) is 1. The van der Waals surface area contributed by atoms with Gasteiger partial charge in [0.1, 0.15) is 0 Å². The van der Waals surface area contributed by atoms with E-state index in [0.717, 1.165) is 19.3 Å². The molecular weight excluding hydrogens is 226 g/mol. The lowest BCUT2D eigenvalue weighted by Crippen LogP contribution is -2.62. The van der Waals surface area contributed by atoms with E-state index in [1.807, 2.05) is 6.92 Å². The predicted octanol–water partition coefficient (Wildman–Crippen LogP) is 1.95. The molecule has 1 unspecified atom stereocenters. The number of rotatable bonds is 2. The largest absolute Gasteiger partial charge is 0.481 e. The molecule has 96 valence electrons. The predicted molar refractivity (Wildman–Crippen MR) is 69.6 cm³/mol. The number of carboxylic acid groups (broad SMARTS) is 1. The van der Waals surface area contributed by atoms with Crippen molar-refractivity contribution in [2.24, 2.45) is 5.41 Å². The average molecular weight is 245 g/mol. The van der Waals surface area contributed by atoms with Gasteiger partial charge in [0, 0.05) is 19.1 Å². The van der Waals surface area contributed by atoms with Crippen LogP contribution in [0.15, 0.2) is 24.3 Å². The van der Waals surface area contributed by atoms with Gasteiger partial charge in [-0.2, -0.15) is 0 Å². The highest BCUT2D eigenvalue weighted by molar-refractivity contribution is 5.76. The van der Waals surface area contributed by atoms with E-state index in [2.05, 4.69) is 29.2 Å². The van der Waals surface area contributed by atoms with Crippen molar-refractivity contribution >= 4 is 5.97 Å². The lowest BCUT2D eigenvalue weighted by Gasteiger charge is -2.50. The normalized spacial score (nSPS) is 26.2. The fourth-order valence-corrected chi connectivity index (χ4v) is 3.23. The molecule has 3 heteroatoms. The van der Waals surface area contributed by atoms with E-state index >= 15 is 0 Å². The van der Waals surface area contributed by atoms with Gasteiger partial charge in [0.05, 0.1) is 5.41 Å². The molecule has 1 aliphatic heterocycles. The quantitative estimate of drug-likeness (QED) is 0.865. The van der Waals surface area contributed by atoms with Gasteiger partial charge in [0.2, 0.25) is 0 Å². The maximum absolute atomic E-state index is 11.1. The van der Waals surface area contributed by atoms with E-state index in [0.29, 0.717) is 19.1 Å². The maximum atomic E-state index is 11.1. The fourth-order valence-electron chi connectivity index (χ4n) is 3.23. The minimum Gasteiger partial charge on any atom is -0.481 e. The number of hydrogen-bond donors (Lipinski definition) is 1. The average Bonchev–Trinajstić information content (AvgIpc) is 2.34. The van der Waals surface area contributed by atoms with Crippen LogP contribution in [0.2, 0.25) is 0 Å². The summed E-state index contributed by atoms with van der Waals surface area (Å²) < 4.78 is 0. The van der Waals surface area contributed by atoms with Gasteiger partial charge in [-0.15, -0.1) is 0 Å². The Bertz CT molecular complexity index is 477. The first-order chi connectivity index (χ1) is 8.58. The SMILES string of the molecule is CC1(C(=O)O)CN(C2CCc3ccccc3C2)C1. The number of benzene rings is 1. The Morgan fingerprint density at radius 2 is 2.00 bits per heavy atom. The van der Waals surface area contributed by atoms with E-state index in [1.165, 1.54) is 11.1 Å². The van der Waals surface area contributed by atoms with Crippen molar-refractivity contribution < 1.29 is 9.90 Å². The van der Waals surface area contributed by atoms with E-state index in [1.54, 1.807) is 0 Å². The Hall–Kier alpha value is -1.35. The zero-order valence-corrected chi connectivity index (χ0v) is 10.7. The molecule has 2 aliphatic rings. The molecule has 1 atom stereocenters. The van der Waals surface area contributed by atoms with Crippen LogP contribution in [0.5, 0.6) is 0 Å². The van der Waals surface area contributed by atoms with Crippen molar-refractivity contribution in [2.75, 3.05) is 13.1 Å². The van der Waals surface area contributed by atoms with Gasteiger partial charge in [0.15, 0.2) is 0 Å². The summed E-state index contributed by atoms with van der Waals surface area (Å²) in [6, 6.07) is 9.15. The Kier molecular flexibility index (Phi) is 2.67. The molecule has 1 aromatic carbocycles. The van der Waals surface area contributed by atoms with Gasteiger partial charge in [0.25, 0.3) is 0 Å². The third-order valence-corrected chi connectivity index (χ3v) is 4.46. The molecule has 0 radical (unpaired) electrons. The highest BCUT2D eigenvalue weighted by Gasteiger charge is 2.47. The monoisotopic (exact) mass is 245 g/mol. The Morgan fingerprint density at radius 1 is 1.33 bits per heavy atom. The van der Waals surface area contributed by atoms with Crippen molar-refractivity contribution in [1.82, 2.24) is 4.90 Å². The van der Waals surface area contributed by atoms with Gasteiger partial charge in [-0.1, -0.05) is 24.3 Å². The van der Waals surface area contributed by atoms with E-state index in [-0.39, 0.29) is 0 Å². The van der Waals surface area contributed by atoms with Crippen LogP contribution in [0.4, 0.5) is 0 Å². The summed E-state index contributed by atoms with van der Waals surface area (Å²) in [6.07, 6.45) is 3.36. The van der Waals surface area contributed by atoms with Crippen LogP contribution in [0.3, 0.4) is 0 Å². The highest BCUT2D eigenvalue weighted by Crippen LogP contribution is 2.35. The van der Waals surface area contributed by atoms with Crippen molar-refractivity contribution in [3.63, 3.8) is 0 Å². The molecule has 1 N–H and O–H groups in total. The fraction of sp³-hybridized carbons (Fsp3) is 0.533. The van der Waals surface area contributed by atoms with Crippen molar-refractivity contribution in [3.05, 3.63) is 35.4 Å². The van der Waals surface area contributed by atoms with Crippen molar-refractivity contribution in [1.29, 1.82) is 0 Å². The van der Waals surface area contributed by atoms with Gasteiger partial charge >= 0.3 is 5.97 Å². The Labute approximate surface area is 107 Å². The van der Waals surface area contributed by atoms with Gasteiger partial charge in [-0.05, 0) is 37.3 Å². The highest BCUT2D eigenvalue weighted by atomic mass is 16.4. The van der Waals surface area contributed by atoms with Crippen LogP contribution >= 0.6 is 0 Å². The zero-order chi connectivity index (χ0) is 12.8. The smallest absolute Gasteiger partial charge is 0.311 e. The second kappa shape index (κ2) is 4.09. The minimum atomic E-state index is -0.657. The summed E-state index contributed by atoms with van der Waals surface area (Å²) >= 11 is 0. The number of carboxylic acids is 1. The summed E-state index contributed by atoms with van der Waals surface area (Å²) in [5, 5.41) is 9.14. The first kappa shape index (κ1) is 11.7. The maximum Gasteiger partial charge on any atom is 0.311 e. The molecule has 0 bridgehead atoms. The van der Waals surface area contributed by atoms with E-state index in [9.17, 15) is 4.79 Å². The molecule has 18 heavy (non-hydrogen) atoms. The first-order valence-corrected chi connectivity index (χ1v) is 6.63. The topological polar surface area (TPSA) is 40.5 Å². The number of carbonyl (C=O) groups is 1. The number of aryl methyl sites for hydroxylation is 1. The number of aliphatic carboxylic acids is 1. The van der Waals surface area contributed by atoms with Crippen LogP contribution in [-0.4, -0.2) is 35.1 Å². The first-order valence-electron chi connectivity index (χ1n) is 6.63. The summed E-state index contributed by atoms with van der Waals surface area (Å²) in [4.78, 5) is 13.4. The molecule has 1 fully saturated rings. The third-order valence-electron chi connectivity index (χ3n) is 4.46. The molecule has 1 saturated heterocycles. The van der Waals surface area contributed by atoms with Crippen molar-refractivity contribution in [2.45, 2.75) is 32.2 Å². The molecule has 1 aliphatic carbocycles. The molecule has 1 heterocycles. The van der Waals surface area contributed by atoms with Gasteiger partial charge in [-0.3, -0.25) is 9.69 Å². The molecule has 0 saturated carbocycles. The Morgan fingerprint density at radius 3 is 2.67 bits per heavy atom. The molecule has 3 rings (SSSR count). The number of hydrogen-bond acceptors (Lipinski definition) is 2.